The number of pyridine rings is 1. The number of hydrogen-bond donors (Lipinski definition) is 2. The molecule has 32 heavy (non-hydrogen) atoms. The van der Waals surface area contributed by atoms with E-state index in [-0.39, 0.29) is 39.8 Å². The van der Waals surface area contributed by atoms with E-state index in [2.05, 4.69) is 15.6 Å². The lowest BCUT2D eigenvalue weighted by atomic mass is 9.96. The summed E-state index contributed by atoms with van der Waals surface area (Å²) >= 11 is 5.94. The monoisotopic (exact) mass is 476 g/mol. The molecule has 1 aromatic heterocycles. The van der Waals surface area contributed by atoms with Crippen molar-refractivity contribution in [3.8, 4) is 0 Å². The molecule has 1 saturated carbocycles. The number of hydrogen-bond acceptors (Lipinski definition) is 5. The second-order valence-corrected chi connectivity index (χ2v) is 10.4. The van der Waals surface area contributed by atoms with Gasteiger partial charge in [0.25, 0.3) is 15.9 Å². The highest BCUT2D eigenvalue weighted by Crippen LogP contribution is 2.33. The molecule has 1 fully saturated rings. The number of anilines is 1. The fourth-order valence-electron chi connectivity index (χ4n) is 4.05. The standard InChI is InChI=1S/C22H25ClN4O4S/c23-16-9-11-18-20(12-16)32(30,31)27(22(29)26-18)14-15-8-10-19(24-13-15)21(28)25-17-6-4-2-1-3-5-7-17/h8-13,17H,1-7,14H2,(H,25,28)(H,26,29). The number of benzene rings is 1. The first-order valence-corrected chi connectivity index (χ1v) is 12.6. The Morgan fingerprint density at radius 1 is 1.12 bits per heavy atom. The lowest BCUT2D eigenvalue weighted by Crippen LogP contribution is -2.43. The fraction of sp³-hybridized carbons (Fsp3) is 0.409. The lowest BCUT2D eigenvalue weighted by Gasteiger charge is -2.28. The van der Waals surface area contributed by atoms with Crippen molar-refractivity contribution in [2.24, 2.45) is 0 Å². The number of rotatable bonds is 4. The summed E-state index contributed by atoms with van der Waals surface area (Å²) in [6.45, 7) is -0.211. The largest absolute Gasteiger partial charge is 0.348 e. The van der Waals surface area contributed by atoms with Crippen LogP contribution < -0.4 is 10.6 Å². The van der Waals surface area contributed by atoms with Crippen LogP contribution in [0.4, 0.5) is 10.5 Å². The molecule has 3 amide bonds. The van der Waals surface area contributed by atoms with E-state index in [0.717, 1.165) is 30.0 Å². The molecule has 2 aliphatic rings. The predicted octanol–water partition coefficient (Wildman–Crippen LogP) is 4.31. The Balaban J connectivity index is 1.45. The minimum atomic E-state index is -4.08. The van der Waals surface area contributed by atoms with Crippen molar-refractivity contribution < 1.29 is 18.0 Å². The number of halogens is 1. The van der Waals surface area contributed by atoms with E-state index < -0.39 is 16.1 Å². The maximum absolute atomic E-state index is 12.9. The van der Waals surface area contributed by atoms with Crippen LogP contribution in [-0.4, -0.2) is 35.7 Å². The van der Waals surface area contributed by atoms with Crippen LogP contribution in [0.3, 0.4) is 0 Å². The molecule has 2 heterocycles. The van der Waals surface area contributed by atoms with Crippen LogP contribution in [0, 0.1) is 0 Å². The second kappa shape index (κ2) is 9.46. The van der Waals surface area contributed by atoms with Crippen molar-refractivity contribution in [1.82, 2.24) is 14.6 Å². The van der Waals surface area contributed by atoms with Crippen LogP contribution in [0.2, 0.25) is 5.02 Å². The molecule has 4 rings (SSSR count). The van der Waals surface area contributed by atoms with Gasteiger partial charge in [0.15, 0.2) is 0 Å². The molecule has 1 aliphatic heterocycles. The number of aromatic nitrogens is 1. The van der Waals surface area contributed by atoms with E-state index in [4.69, 9.17) is 11.6 Å². The molecule has 0 saturated heterocycles. The summed E-state index contributed by atoms with van der Waals surface area (Å²) in [5.74, 6) is -0.242. The van der Waals surface area contributed by atoms with Gasteiger partial charge in [0.1, 0.15) is 10.6 Å². The Morgan fingerprint density at radius 2 is 1.84 bits per heavy atom. The van der Waals surface area contributed by atoms with Crippen molar-refractivity contribution in [1.29, 1.82) is 0 Å². The highest BCUT2D eigenvalue weighted by atomic mass is 35.5. The Morgan fingerprint density at radius 3 is 2.53 bits per heavy atom. The van der Waals surface area contributed by atoms with Gasteiger partial charge in [0, 0.05) is 17.3 Å². The van der Waals surface area contributed by atoms with Crippen LogP contribution in [0.25, 0.3) is 0 Å². The first kappa shape index (κ1) is 22.5. The molecule has 1 aromatic carbocycles. The minimum absolute atomic E-state index is 0.0623. The summed E-state index contributed by atoms with van der Waals surface area (Å²) in [5.41, 5.74) is 0.936. The molecule has 8 nitrogen and oxygen atoms in total. The molecule has 0 spiro atoms. The SMILES string of the molecule is O=C(NC1CCCCCCC1)c1ccc(CN2C(=O)Nc3ccc(Cl)cc3S2(=O)=O)cn1. The summed E-state index contributed by atoms with van der Waals surface area (Å²) < 4.78 is 26.6. The number of carbonyl (C=O) groups is 2. The first-order chi connectivity index (χ1) is 15.3. The zero-order chi connectivity index (χ0) is 22.7. The van der Waals surface area contributed by atoms with Gasteiger partial charge in [-0.1, -0.05) is 49.8 Å². The zero-order valence-corrected chi connectivity index (χ0v) is 19.1. The van der Waals surface area contributed by atoms with Gasteiger partial charge < -0.3 is 10.6 Å². The van der Waals surface area contributed by atoms with E-state index in [9.17, 15) is 18.0 Å². The van der Waals surface area contributed by atoms with Gasteiger partial charge in [0.05, 0.1) is 12.2 Å². The molecule has 0 unspecified atom stereocenters. The Labute approximate surface area is 192 Å². The van der Waals surface area contributed by atoms with Gasteiger partial charge in [-0.05, 0) is 42.7 Å². The van der Waals surface area contributed by atoms with Gasteiger partial charge in [-0.2, -0.15) is 0 Å². The third-order valence-electron chi connectivity index (χ3n) is 5.80. The minimum Gasteiger partial charge on any atom is -0.348 e. The maximum Gasteiger partial charge on any atom is 0.336 e. The van der Waals surface area contributed by atoms with Crippen molar-refractivity contribution in [3.05, 3.63) is 52.8 Å². The summed E-state index contributed by atoms with van der Waals surface area (Å²) in [6, 6.07) is 6.82. The molecule has 170 valence electrons. The number of sulfonamides is 1. The Bertz CT molecular complexity index is 1110. The van der Waals surface area contributed by atoms with E-state index in [1.165, 1.54) is 43.7 Å². The van der Waals surface area contributed by atoms with E-state index in [1.807, 2.05) is 0 Å². The smallest absolute Gasteiger partial charge is 0.336 e. The second-order valence-electron chi connectivity index (χ2n) is 8.15. The number of amides is 3. The molecule has 0 atom stereocenters. The molecule has 2 aromatic rings. The van der Waals surface area contributed by atoms with E-state index in [1.54, 1.807) is 12.1 Å². The topological polar surface area (TPSA) is 108 Å². The van der Waals surface area contributed by atoms with Crippen LogP contribution in [0.1, 0.15) is 61.0 Å². The average Bonchev–Trinajstić information content (AvgIpc) is 2.74. The summed E-state index contributed by atoms with van der Waals surface area (Å²) in [7, 11) is -4.08. The quantitative estimate of drug-likeness (QED) is 0.683. The third-order valence-corrected chi connectivity index (χ3v) is 7.81. The van der Waals surface area contributed by atoms with Crippen molar-refractivity contribution in [3.63, 3.8) is 0 Å². The van der Waals surface area contributed by atoms with Gasteiger partial charge in [0.2, 0.25) is 0 Å². The normalized spacial score (nSPS) is 18.8. The number of fused-ring (bicyclic) bond motifs is 1. The summed E-state index contributed by atoms with van der Waals surface area (Å²) in [6.07, 6.45) is 9.23. The number of carbonyl (C=O) groups excluding carboxylic acids is 2. The van der Waals surface area contributed by atoms with E-state index in [0.29, 0.717) is 5.56 Å². The number of urea groups is 1. The summed E-state index contributed by atoms with van der Waals surface area (Å²) in [5, 5.41) is 5.87. The first-order valence-electron chi connectivity index (χ1n) is 10.7. The number of nitrogens with zero attached hydrogens (tertiary/aromatic N) is 2. The maximum atomic E-state index is 12.9. The molecule has 1 aliphatic carbocycles. The number of nitrogens with one attached hydrogen (secondary N) is 2. The van der Waals surface area contributed by atoms with Crippen LogP contribution in [0.5, 0.6) is 0 Å². The van der Waals surface area contributed by atoms with Crippen LogP contribution >= 0.6 is 11.6 Å². The molecule has 0 bridgehead atoms. The zero-order valence-electron chi connectivity index (χ0n) is 17.5. The predicted molar refractivity (Wildman–Crippen MR) is 121 cm³/mol. The average molecular weight is 477 g/mol. The van der Waals surface area contributed by atoms with Gasteiger partial charge >= 0.3 is 6.03 Å². The molecular weight excluding hydrogens is 452 g/mol. The Kier molecular flexibility index (Phi) is 6.66. The molecule has 0 radical (unpaired) electrons. The fourth-order valence-corrected chi connectivity index (χ4v) is 5.78. The van der Waals surface area contributed by atoms with Gasteiger partial charge in [-0.15, -0.1) is 0 Å². The van der Waals surface area contributed by atoms with Crippen LogP contribution in [0.15, 0.2) is 41.4 Å². The van der Waals surface area contributed by atoms with Crippen molar-refractivity contribution in [2.45, 2.75) is 62.4 Å². The summed E-state index contributed by atoms with van der Waals surface area (Å²) in [4.78, 5) is 29.1. The van der Waals surface area contributed by atoms with Crippen molar-refractivity contribution >= 4 is 39.2 Å². The highest BCUT2D eigenvalue weighted by molar-refractivity contribution is 7.90. The van der Waals surface area contributed by atoms with Crippen LogP contribution in [-0.2, 0) is 16.6 Å². The van der Waals surface area contributed by atoms with Gasteiger partial charge in [-0.3, -0.25) is 9.78 Å². The molecular formula is C22H25ClN4O4S. The van der Waals surface area contributed by atoms with E-state index >= 15 is 0 Å². The Hall–Kier alpha value is -2.65. The molecule has 2 N–H and O–H groups in total. The van der Waals surface area contributed by atoms with Gasteiger partial charge in [-0.25, -0.2) is 17.5 Å². The highest BCUT2D eigenvalue weighted by Gasteiger charge is 2.36. The molecule has 10 heteroatoms. The lowest BCUT2D eigenvalue weighted by molar-refractivity contribution is 0.0925. The van der Waals surface area contributed by atoms with Crippen molar-refractivity contribution in [2.75, 3.05) is 5.32 Å². The third kappa shape index (κ3) is 4.88.